The zero-order valence-electron chi connectivity index (χ0n) is 14.7. The number of alkyl halides is 3. The van der Waals surface area contributed by atoms with Gasteiger partial charge in [-0.05, 0) is 37.1 Å². The lowest BCUT2D eigenvalue weighted by molar-refractivity contribution is -0.140. The Kier molecular flexibility index (Phi) is 5.53. The van der Waals surface area contributed by atoms with Crippen molar-refractivity contribution in [3.05, 3.63) is 48.2 Å². The summed E-state index contributed by atoms with van der Waals surface area (Å²) < 4.78 is 48.5. The van der Waals surface area contributed by atoms with Crippen molar-refractivity contribution < 1.29 is 27.4 Å². The number of ether oxygens (including phenoxy) is 2. The Morgan fingerprint density at radius 3 is 2.33 bits per heavy atom. The summed E-state index contributed by atoms with van der Waals surface area (Å²) in [6, 6.07) is 9.29. The molecule has 1 saturated heterocycles. The van der Waals surface area contributed by atoms with Gasteiger partial charge in [0.2, 0.25) is 0 Å². The maximum Gasteiger partial charge on any atom is 0.417 e. The van der Waals surface area contributed by atoms with Crippen molar-refractivity contribution in [2.24, 2.45) is 5.92 Å². The van der Waals surface area contributed by atoms with Crippen molar-refractivity contribution in [2.75, 3.05) is 25.1 Å². The van der Waals surface area contributed by atoms with Crippen LogP contribution in [0.5, 0.6) is 11.5 Å². The standard InChI is InChI=1S/C19H19F3N2O3/c1-26-15-4-2-3-5-16(15)27-18(25)13-8-10-24(11-9-13)17-7-6-14(12-23-17)19(20,21)22/h2-7,12-13H,8-11H2,1H3. The van der Waals surface area contributed by atoms with E-state index < -0.39 is 11.7 Å². The Hall–Kier alpha value is -2.77. The van der Waals surface area contributed by atoms with Crippen LogP contribution in [0.4, 0.5) is 19.0 Å². The van der Waals surface area contributed by atoms with Gasteiger partial charge in [0.25, 0.3) is 0 Å². The van der Waals surface area contributed by atoms with Gasteiger partial charge in [-0.25, -0.2) is 4.98 Å². The molecule has 0 saturated carbocycles. The highest BCUT2D eigenvalue weighted by atomic mass is 19.4. The molecule has 0 radical (unpaired) electrons. The highest BCUT2D eigenvalue weighted by molar-refractivity contribution is 5.76. The maximum absolute atomic E-state index is 12.6. The van der Waals surface area contributed by atoms with Gasteiger partial charge >= 0.3 is 12.1 Å². The molecule has 0 unspecified atom stereocenters. The van der Waals surface area contributed by atoms with Gasteiger partial charge in [0, 0.05) is 19.3 Å². The molecule has 0 N–H and O–H groups in total. The lowest BCUT2D eigenvalue weighted by atomic mass is 9.97. The predicted molar refractivity (Wildman–Crippen MR) is 92.8 cm³/mol. The largest absolute Gasteiger partial charge is 0.493 e. The zero-order chi connectivity index (χ0) is 19.4. The molecule has 1 aliphatic heterocycles. The van der Waals surface area contributed by atoms with Crippen LogP contribution in [0.2, 0.25) is 0 Å². The fourth-order valence-electron chi connectivity index (χ4n) is 2.98. The number of carbonyl (C=O) groups is 1. The summed E-state index contributed by atoms with van der Waals surface area (Å²) in [4.78, 5) is 18.2. The number of piperidine rings is 1. The number of methoxy groups -OCH3 is 1. The first-order valence-corrected chi connectivity index (χ1v) is 8.51. The number of hydrogen-bond donors (Lipinski definition) is 0. The molecule has 27 heavy (non-hydrogen) atoms. The van der Waals surface area contributed by atoms with Crippen molar-refractivity contribution in [1.82, 2.24) is 4.98 Å². The maximum atomic E-state index is 12.6. The van der Waals surface area contributed by atoms with Crippen LogP contribution in [-0.4, -0.2) is 31.2 Å². The number of rotatable bonds is 4. The molecule has 1 aromatic carbocycles. The molecule has 5 nitrogen and oxygen atoms in total. The third-order valence-corrected chi connectivity index (χ3v) is 4.51. The molecule has 2 aromatic rings. The van der Waals surface area contributed by atoms with Crippen LogP contribution in [0.25, 0.3) is 0 Å². The van der Waals surface area contributed by atoms with Crippen molar-refractivity contribution in [2.45, 2.75) is 19.0 Å². The Labute approximate surface area is 154 Å². The monoisotopic (exact) mass is 380 g/mol. The molecular formula is C19H19F3N2O3. The Balaban J connectivity index is 1.57. The fraction of sp³-hybridized carbons (Fsp3) is 0.368. The molecule has 0 bridgehead atoms. The van der Waals surface area contributed by atoms with Crippen molar-refractivity contribution >= 4 is 11.8 Å². The van der Waals surface area contributed by atoms with Gasteiger partial charge in [0.1, 0.15) is 5.82 Å². The number of hydrogen-bond acceptors (Lipinski definition) is 5. The first-order valence-electron chi connectivity index (χ1n) is 8.51. The minimum atomic E-state index is -4.40. The summed E-state index contributed by atoms with van der Waals surface area (Å²) in [7, 11) is 1.50. The number of nitrogens with zero attached hydrogens (tertiary/aromatic N) is 2. The number of carbonyl (C=O) groups excluding carboxylic acids is 1. The average Bonchev–Trinajstić information content (AvgIpc) is 2.68. The number of aromatic nitrogens is 1. The molecule has 8 heteroatoms. The van der Waals surface area contributed by atoms with Crippen LogP contribution in [0.3, 0.4) is 0 Å². The quantitative estimate of drug-likeness (QED) is 0.594. The van der Waals surface area contributed by atoms with Gasteiger partial charge in [-0.2, -0.15) is 13.2 Å². The molecule has 1 aliphatic rings. The van der Waals surface area contributed by atoms with Crippen LogP contribution in [0.1, 0.15) is 18.4 Å². The van der Waals surface area contributed by atoms with E-state index in [9.17, 15) is 18.0 Å². The molecule has 2 heterocycles. The van der Waals surface area contributed by atoms with E-state index in [2.05, 4.69) is 4.98 Å². The van der Waals surface area contributed by atoms with Crippen LogP contribution < -0.4 is 14.4 Å². The van der Waals surface area contributed by atoms with E-state index in [0.717, 1.165) is 12.3 Å². The van der Waals surface area contributed by atoms with E-state index in [0.29, 0.717) is 43.2 Å². The first kappa shape index (κ1) is 19.0. The first-order chi connectivity index (χ1) is 12.9. The molecule has 0 spiro atoms. The Morgan fingerprint density at radius 2 is 1.78 bits per heavy atom. The minimum absolute atomic E-state index is 0.277. The third kappa shape index (κ3) is 4.50. The molecule has 0 aliphatic carbocycles. The van der Waals surface area contributed by atoms with Gasteiger partial charge in [-0.15, -0.1) is 0 Å². The van der Waals surface area contributed by atoms with E-state index in [-0.39, 0.29) is 11.9 Å². The third-order valence-electron chi connectivity index (χ3n) is 4.51. The summed E-state index contributed by atoms with van der Waals surface area (Å²) in [6.45, 7) is 1.04. The van der Waals surface area contributed by atoms with Gasteiger partial charge in [0.05, 0.1) is 18.6 Å². The molecular weight excluding hydrogens is 361 g/mol. The SMILES string of the molecule is COc1ccccc1OC(=O)C1CCN(c2ccc(C(F)(F)F)cn2)CC1. The van der Waals surface area contributed by atoms with Crippen LogP contribution in [-0.2, 0) is 11.0 Å². The summed E-state index contributed by atoms with van der Waals surface area (Å²) in [6.07, 6.45) is -2.49. The summed E-state index contributed by atoms with van der Waals surface area (Å²) >= 11 is 0. The smallest absolute Gasteiger partial charge is 0.417 e. The lowest BCUT2D eigenvalue weighted by Crippen LogP contribution is -2.38. The van der Waals surface area contributed by atoms with Gasteiger partial charge in [-0.1, -0.05) is 12.1 Å². The molecule has 1 fully saturated rings. The van der Waals surface area contributed by atoms with E-state index in [1.165, 1.54) is 13.2 Å². The number of benzene rings is 1. The fourth-order valence-corrected chi connectivity index (χ4v) is 2.98. The van der Waals surface area contributed by atoms with Crippen molar-refractivity contribution in [3.63, 3.8) is 0 Å². The molecule has 0 amide bonds. The second-order valence-corrected chi connectivity index (χ2v) is 6.24. The summed E-state index contributed by atoms with van der Waals surface area (Å²) in [5.74, 6) is 0.716. The predicted octanol–water partition coefficient (Wildman–Crippen LogP) is 3.93. The number of pyridine rings is 1. The van der Waals surface area contributed by atoms with E-state index in [1.54, 1.807) is 24.3 Å². The van der Waals surface area contributed by atoms with Crippen LogP contribution in [0, 0.1) is 5.92 Å². The lowest BCUT2D eigenvalue weighted by Gasteiger charge is -2.31. The van der Waals surface area contributed by atoms with Crippen LogP contribution in [0.15, 0.2) is 42.6 Å². The topological polar surface area (TPSA) is 51.7 Å². The second kappa shape index (κ2) is 7.85. The highest BCUT2D eigenvalue weighted by Crippen LogP contribution is 2.31. The van der Waals surface area contributed by atoms with Gasteiger partial charge in [0.15, 0.2) is 11.5 Å². The summed E-state index contributed by atoms with van der Waals surface area (Å²) in [5, 5.41) is 0. The average molecular weight is 380 g/mol. The minimum Gasteiger partial charge on any atom is -0.493 e. The van der Waals surface area contributed by atoms with Gasteiger partial charge in [-0.3, -0.25) is 4.79 Å². The molecule has 3 rings (SSSR count). The van der Waals surface area contributed by atoms with Crippen molar-refractivity contribution in [1.29, 1.82) is 0 Å². The molecule has 1 aromatic heterocycles. The number of anilines is 1. The highest BCUT2D eigenvalue weighted by Gasteiger charge is 2.32. The van der Waals surface area contributed by atoms with E-state index in [1.807, 2.05) is 4.90 Å². The molecule has 0 atom stereocenters. The number of halogens is 3. The zero-order valence-corrected chi connectivity index (χ0v) is 14.7. The van der Waals surface area contributed by atoms with E-state index >= 15 is 0 Å². The Morgan fingerprint density at radius 1 is 1.11 bits per heavy atom. The van der Waals surface area contributed by atoms with Crippen LogP contribution >= 0.6 is 0 Å². The van der Waals surface area contributed by atoms with Gasteiger partial charge < -0.3 is 14.4 Å². The van der Waals surface area contributed by atoms with Crippen molar-refractivity contribution in [3.8, 4) is 11.5 Å². The number of para-hydroxylation sites is 2. The van der Waals surface area contributed by atoms with E-state index in [4.69, 9.17) is 9.47 Å². The summed E-state index contributed by atoms with van der Waals surface area (Å²) in [5.41, 5.74) is -0.776. The second-order valence-electron chi connectivity index (χ2n) is 6.24. The normalized spacial score (nSPS) is 15.5. The Bertz CT molecular complexity index is 786. The number of esters is 1. The molecule has 144 valence electrons.